The van der Waals surface area contributed by atoms with Gasteiger partial charge in [0.05, 0.1) is 0 Å². The number of hydrogen-bond acceptors (Lipinski definition) is 3. The highest BCUT2D eigenvalue weighted by atomic mass is 16.5. The van der Waals surface area contributed by atoms with E-state index < -0.39 is 0 Å². The van der Waals surface area contributed by atoms with Gasteiger partial charge in [-0.05, 0) is 42.8 Å². The van der Waals surface area contributed by atoms with Gasteiger partial charge in [-0.25, -0.2) is 0 Å². The van der Waals surface area contributed by atoms with Gasteiger partial charge in [0.15, 0.2) is 0 Å². The first-order valence-electron chi connectivity index (χ1n) is 6.41. The maximum Gasteiger partial charge on any atom is 0.132 e. The van der Waals surface area contributed by atoms with Gasteiger partial charge >= 0.3 is 0 Å². The molecule has 0 heterocycles. The SMILES string of the molecule is CCC(COc1ccc(O)cc1)Oc1ccccc1. The third-order valence-corrected chi connectivity index (χ3v) is 2.77. The van der Waals surface area contributed by atoms with Gasteiger partial charge in [0.1, 0.15) is 30.0 Å². The minimum atomic E-state index is 0.0104. The molecule has 19 heavy (non-hydrogen) atoms. The van der Waals surface area contributed by atoms with Crippen molar-refractivity contribution >= 4 is 0 Å². The molecule has 0 bridgehead atoms. The van der Waals surface area contributed by atoms with Gasteiger partial charge in [0, 0.05) is 0 Å². The third kappa shape index (κ3) is 4.21. The molecule has 0 aliphatic rings. The second-order valence-corrected chi connectivity index (χ2v) is 4.27. The molecule has 0 spiro atoms. The molecule has 100 valence electrons. The van der Waals surface area contributed by atoms with Crippen LogP contribution < -0.4 is 9.47 Å². The lowest BCUT2D eigenvalue weighted by Gasteiger charge is -2.18. The Morgan fingerprint density at radius 2 is 1.63 bits per heavy atom. The highest BCUT2D eigenvalue weighted by Crippen LogP contribution is 2.17. The van der Waals surface area contributed by atoms with Crippen LogP contribution in [0.1, 0.15) is 13.3 Å². The summed E-state index contributed by atoms with van der Waals surface area (Å²) in [6, 6.07) is 16.4. The van der Waals surface area contributed by atoms with E-state index in [0.29, 0.717) is 6.61 Å². The highest BCUT2D eigenvalue weighted by Gasteiger charge is 2.09. The molecule has 1 unspecified atom stereocenters. The average molecular weight is 258 g/mol. The predicted molar refractivity (Wildman–Crippen MR) is 74.8 cm³/mol. The number of phenolic OH excluding ortho intramolecular Hbond substituents is 1. The zero-order chi connectivity index (χ0) is 13.5. The molecule has 2 rings (SSSR count). The molecule has 0 aliphatic heterocycles. The van der Waals surface area contributed by atoms with E-state index in [1.54, 1.807) is 24.3 Å². The molecule has 2 aromatic rings. The number of ether oxygens (including phenoxy) is 2. The topological polar surface area (TPSA) is 38.7 Å². The molecule has 0 saturated heterocycles. The van der Waals surface area contributed by atoms with E-state index in [1.165, 1.54) is 0 Å². The summed E-state index contributed by atoms with van der Waals surface area (Å²) in [6.07, 6.45) is 0.878. The molecule has 0 saturated carbocycles. The van der Waals surface area contributed by atoms with Crippen LogP contribution in [0.5, 0.6) is 17.2 Å². The molecule has 2 aromatic carbocycles. The minimum Gasteiger partial charge on any atom is -0.508 e. The largest absolute Gasteiger partial charge is 0.508 e. The zero-order valence-corrected chi connectivity index (χ0v) is 11.0. The zero-order valence-electron chi connectivity index (χ0n) is 11.0. The summed E-state index contributed by atoms with van der Waals surface area (Å²) in [5.74, 6) is 1.82. The molecule has 0 aliphatic carbocycles. The van der Waals surface area contributed by atoms with Gasteiger partial charge in [0.2, 0.25) is 0 Å². The van der Waals surface area contributed by atoms with Crippen LogP contribution in [0.15, 0.2) is 54.6 Å². The van der Waals surface area contributed by atoms with Gasteiger partial charge in [-0.1, -0.05) is 25.1 Å². The normalized spacial score (nSPS) is 11.8. The number of benzene rings is 2. The Bertz CT molecular complexity index is 479. The van der Waals surface area contributed by atoms with Crippen molar-refractivity contribution in [1.29, 1.82) is 0 Å². The Hall–Kier alpha value is -2.16. The van der Waals surface area contributed by atoms with Crippen molar-refractivity contribution < 1.29 is 14.6 Å². The Morgan fingerprint density at radius 3 is 2.26 bits per heavy atom. The average Bonchev–Trinajstić information content (AvgIpc) is 2.46. The molecule has 3 heteroatoms. The van der Waals surface area contributed by atoms with Crippen molar-refractivity contribution in [1.82, 2.24) is 0 Å². The van der Waals surface area contributed by atoms with Crippen molar-refractivity contribution in [3.63, 3.8) is 0 Å². The van der Waals surface area contributed by atoms with E-state index in [-0.39, 0.29) is 11.9 Å². The van der Waals surface area contributed by atoms with Gasteiger partial charge < -0.3 is 14.6 Å². The van der Waals surface area contributed by atoms with Crippen LogP contribution in [-0.2, 0) is 0 Å². The van der Waals surface area contributed by atoms with Crippen molar-refractivity contribution in [2.75, 3.05) is 6.61 Å². The molecule has 1 atom stereocenters. The summed E-state index contributed by atoms with van der Waals surface area (Å²) < 4.78 is 11.5. The minimum absolute atomic E-state index is 0.0104. The van der Waals surface area contributed by atoms with Gasteiger partial charge in [0.25, 0.3) is 0 Å². The number of aromatic hydroxyl groups is 1. The molecule has 0 aromatic heterocycles. The Balaban J connectivity index is 1.87. The maximum absolute atomic E-state index is 9.19. The summed E-state index contributed by atoms with van der Waals surface area (Å²) >= 11 is 0. The smallest absolute Gasteiger partial charge is 0.132 e. The standard InChI is InChI=1S/C16H18O3/c1-2-14(19-16-6-4-3-5-7-16)12-18-15-10-8-13(17)9-11-15/h3-11,14,17H,2,12H2,1H3. The summed E-state index contributed by atoms with van der Waals surface area (Å²) in [5.41, 5.74) is 0. The Kier molecular flexibility index (Phi) is 4.67. The number of rotatable bonds is 6. The van der Waals surface area contributed by atoms with Gasteiger partial charge in [-0.15, -0.1) is 0 Å². The van der Waals surface area contributed by atoms with Crippen LogP contribution in [-0.4, -0.2) is 17.8 Å². The van der Waals surface area contributed by atoms with Crippen LogP contribution in [0.4, 0.5) is 0 Å². The van der Waals surface area contributed by atoms with Crippen LogP contribution in [0.2, 0.25) is 0 Å². The fourth-order valence-electron chi connectivity index (χ4n) is 1.66. The molecule has 0 radical (unpaired) electrons. The molecule has 0 amide bonds. The van der Waals surface area contributed by atoms with E-state index in [2.05, 4.69) is 6.92 Å². The van der Waals surface area contributed by atoms with Gasteiger partial charge in [-0.3, -0.25) is 0 Å². The summed E-state index contributed by atoms with van der Waals surface area (Å²) in [7, 11) is 0. The second-order valence-electron chi connectivity index (χ2n) is 4.27. The van der Waals surface area contributed by atoms with Crippen molar-refractivity contribution in [3.8, 4) is 17.2 Å². The summed E-state index contributed by atoms with van der Waals surface area (Å²) in [5, 5.41) is 9.19. The van der Waals surface area contributed by atoms with Crippen LogP contribution in [0, 0.1) is 0 Å². The number of para-hydroxylation sites is 1. The number of phenols is 1. The second kappa shape index (κ2) is 6.69. The van der Waals surface area contributed by atoms with Crippen molar-refractivity contribution in [2.45, 2.75) is 19.4 Å². The summed E-state index contributed by atoms with van der Waals surface area (Å²) in [4.78, 5) is 0. The van der Waals surface area contributed by atoms with E-state index in [9.17, 15) is 5.11 Å². The molecular weight excluding hydrogens is 240 g/mol. The van der Waals surface area contributed by atoms with Crippen molar-refractivity contribution in [3.05, 3.63) is 54.6 Å². The Labute approximate surface area is 113 Å². The summed E-state index contributed by atoms with van der Waals surface area (Å²) in [6.45, 7) is 2.55. The monoisotopic (exact) mass is 258 g/mol. The molecular formula is C16H18O3. The van der Waals surface area contributed by atoms with E-state index >= 15 is 0 Å². The molecule has 1 N–H and O–H groups in total. The lowest BCUT2D eigenvalue weighted by molar-refractivity contribution is 0.125. The lowest BCUT2D eigenvalue weighted by atomic mass is 10.2. The third-order valence-electron chi connectivity index (χ3n) is 2.77. The number of hydrogen-bond donors (Lipinski definition) is 1. The fraction of sp³-hybridized carbons (Fsp3) is 0.250. The highest BCUT2D eigenvalue weighted by molar-refractivity contribution is 5.30. The van der Waals surface area contributed by atoms with E-state index in [4.69, 9.17) is 9.47 Å². The molecule has 0 fully saturated rings. The predicted octanol–water partition coefficient (Wildman–Crippen LogP) is 3.63. The van der Waals surface area contributed by atoms with Crippen LogP contribution in [0.3, 0.4) is 0 Å². The van der Waals surface area contributed by atoms with E-state index in [1.807, 2.05) is 30.3 Å². The quantitative estimate of drug-likeness (QED) is 0.860. The van der Waals surface area contributed by atoms with E-state index in [0.717, 1.165) is 17.9 Å². The first kappa shape index (κ1) is 13.3. The fourth-order valence-corrected chi connectivity index (χ4v) is 1.66. The first-order valence-corrected chi connectivity index (χ1v) is 6.41. The van der Waals surface area contributed by atoms with Gasteiger partial charge in [-0.2, -0.15) is 0 Å². The van der Waals surface area contributed by atoms with Crippen molar-refractivity contribution in [2.24, 2.45) is 0 Å². The van der Waals surface area contributed by atoms with Crippen LogP contribution in [0.25, 0.3) is 0 Å². The van der Waals surface area contributed by atoms with Crippen LogP contribution >= 0.6 is 0 Å². The maximum atomic E-state index is 9.19. The molecule has 3 nitrogen and oxygen atoms in total. The first-order chi connectivity index (χ1) is 9.28. The Morgan fingerprint density at radius 1 is 0.947 bits per heavy atom. The lowest BCUT2D eigenvalue weighted by Crippen LogP contribution is -2.23.